The average molecular weight is 483 g/mol. The number of carbonyl (C=O) groups excluding carboxylic acids is 1. The lowest BCUT2D eigenvalue weighted by atomic mass is 10.1. The molecule has 0 saturated carbocycles. The van der Waals surface area contributed by atoms with Crippen LogP contribution in [0.4, 0.5) is 5.69 Å². The van der Waals surface area contributed by atoms with E-state index in [2.05, 4.69) is 10.0 Å². The summed E-state index contributed by atoms with van der Waals surface area (Å²) in [6.07, 6.45) is 0. The van der Waals surface area contributed by atoms with Crippen molar-refractivity contribution in [1.29, 1.82) is 0 Å². The standard InChI is InChI=1S/C24H22N2O7S/c27-24(25-15-16-4-3-7-21-23(16)33-13-12-31-21)18-5-1-2-6-19(18)26-34(28,29)17-8-9-20-22(14-17)32-11-10-30-20/h1-9,14,26H,10-13,15H2,(H,25,27). The molecular weight excluding hydrogens is 460 g/mol. The fourth-order valence-electron chi connectivity index (χ4n) is 3.71. The summed E-state index contributed by atoms with van der Waals surface area (Å²) in [5.41, 5.74) is 1.11. The molecule has 2 aliphatic rings. The highest BCUT2D eigenvalue weighted by Gasteiger charge is 2.22. The van der Waals surface area contributed by atoms with E-state index in [0.717, 1.165) is 5.56 Å². The van der Waals surface area contributed by atoms with Crippen LogP contribution in [0.3, 0.4) is 0 Å². The molecule has 10 heteroatoms. The Morgan fingerprint density at radius 3 is 2.38 bits per heavy atom. The Morgan fingerprint density at radius 2 is 1.53 bits per heavy atom. The number of carbonyl (C=O) groups is 1. The number of nitrogens with one attached hydrogen (secondary N) is 2. The van der Waals surface area contributed by atoms with Crippen molar-refractivity contribution in [2.24, 2.45) is 0 Å². The van der Waals surface area contributed by atoms with Crippen molar-refractivity contribution in [3.63, 3.8) is 0 Å². The Bertz CT molecular complexity index is 1340. The van der Waals surface area contributed by atoms with E-state index in [1.807, 2.05) is 18.2 Å². The van der Waals surface area contributed by atoms with Crippen LogP contribution in [0.15, 0.2) is 65.6 Å². The molecule has 0 spiro atoms. The molecule has 0 bridgehead atoms. The van der Waals surface area contributed by atoms with Crippen molar-refractivity contribution < 1.29 is 32.2 Å². The smallest absolute Gasteiger partial charge is 0.262 e. The maximum Gasteiger partial charge on any atom is 0.262 e. The van der Waals surface area contributed by atoms with E-state index in [0.29, 0.717) is 49.4 Å². The van der Waals surface area contributed by atoms with Gasteiger partial charge in [-0.2, -0.15) is 0 Å². The summed E-state index contributed by atoms with van der Waals surface area (Å²) in [5.74, 6) is 1.64. The Kier molecular flexibility index (Phi) is 5.89. The predicted molar refractivity (Wildman–Crippen MR) is 123 cm³/mol. The predicted octanol–water partition coefficient (Wildman–Crippen LogP) is 2.96. The number of hydrogen-bond donors (Lipinski definition) is 2. The number of amides is 1. The number of sulfonamides is 1. The maximum absolute atomic E-state index is 13.0. The average Bonchev–Trinajstić information content (AvgIpc) is 2.87. The molecule has 0 unspecified atom stereocenters. The Hall–Kier alpha value is -3.92. The highest BCUT2D eigenvalue weighted by Crippen LogP contribution is 2.34. The van der Waals surface area contributed by atoms with Crippen molar-refractivity contribution in [2.75, 3.05) is 31.1 Å². The first-order valence-electron chi connectivity index (χ1n) is 10.7. The van der Waals surface area contributed by atoms with Gasteiger partial charge in [0, 0.05) is 18.2 Å². The molecule has 2 N–H and O–H groups in total. The number of ether oxygens (including phenoxy) is 4. The lowest BCUT2D eigenvalue weighted by Crippen LogP contribution is -2.26. The van der Waals surface area contributed by atoms with Gasteiger partial charge in [-0.05, 0) is 30.3 Å². The van der Waals surface area contributed by atoms with Gasteiger partial charge in [-0.25, -0.2) is 8.42 Å². The van der Waals surface area contributed by atoms with Gasteiger partial charge in [0.15, 0.2) is 23.0 Å². The van der Waals surface area contributed by atoms with Gasteiger partial charge in [-0.1, -0.05) is 24.3 Å². The number of rotatable bonds is 6. The third-order valence-electron chi connectivity index (χ3n) is 5.33. The minimum atomic E-state index is -3.98. The van der Waals surface area contributed by atoms with Gasteiger partial charge in [0.25, 0.3) is 15.9 Å². The Balaban J connectivity index is 1.34. The monoisotopic (exact) mass is 482 g/mol. The molecule has 0 aromatic heterocycles. The molecule has 0 radical (unpaired) electrons. The second-order valence-electron chi connectivity index (χ2n) is 7.58. The molecule has 1 amide bonds. The van der Waals surface area contributed by atoms with E-state index < -0.39 is 15.9 Å². The molecule has 5 rings (SSSR count). The van der Waals surface area contributed by atoms with Gasteiger partial charge in [-0.15, -0.1) is 0 Å². The Morgan fingerprint density at radius 1 is 0.794 bits per heavy atom. The summed E-state index contributed by atoms with van der Waals surface area (Å²) < 4.78 is 50.8. The Labute approximate surface area is 196 Å². The van der Waals surface area contributed by atoms with Crippen molar-refractivity contribution >= 4 is 21.6 Å². The molecule has 0 saturated heterocycles. The van der Waals surface area contributed by atoms with Crippen LogP contribution in [-0.4, -0.2) is 40.8 Å². The van der Waals surface area contributed by atoms with Gasteiger partial charge < -0.3 is 24.3 Å². The zero-order valence-electron chi connectivity index (χ0n) is 18.1. The van der Waals surface area contributed by atoms with Gasteiger partial charge in [-0.3, -0.25) is 9.52 Å². The van der Waals surface area contributed by atoms with Crippen LogP contribution in [0, 0.1) is 0 Å². The van der Waals surface area contributed by atoms with Crippen LogP contribution >= 0.6 is 0 Å². The van der Waals surface area contributed by atoms with Gasteiger partial charge >= 0.3 is 0 Å². The quantitative estimate of drug-likeness (QED) is 0.556. The van der Waals surface area contributed by atoms with Crippen molar-refractivity contribution in [2.45, 2.75) is 11.4 Å². The molecule has 34 heavy (non-hydrogen) atoms. The summed E-state index contributed by atoms with van der Waals surface area (Å²) in [7, 11) is -3.98. The largest absolute Gasteiger partial charge is 0.486 e. The number of fused-ring (bicyclic) bond motifs is 2. The maximum atomic E-state index is 13.0. The molecule has 0 fully saturated rings. The van der Waals surface area contributed by atoms with Gasteiger partial charge in [0.2, 0.25) is 0 Å². The SMILES string of the molecule is O=C(NCc1cccc2c1OCCO2)c1ccccc1NS(=O)(=O)c1ccc2c(c1)OCCO2. The summed E-state index contributed by atoms with van der Waals surface area (Å²) in [6.45, 7) is 1.84. The number of para-hydroxylation sites is 2. The highest BCUT2D eigenvalue weighted by atomic mass is 32.2. The fourth-order valence-corrected chi connectivity index (χ4v) is 4.80. The molecular formula is C24H22N2O7S. The van der Waals surface area contributed by atoms with Crippen LogP contribution in [-0.2, 0) is 16.6 Å². The van der Waals surface area contributed by atoms with Crippen LogP contribution in [0.1, 0.15) is 15.9 Å². The highest BCUT2D eigenvalue weighted by molar-refractivity contribution is 7.92. The second-order valence-corrected chi connectivity index (χ2v) is 9.26. The van der Waals surface area contributed by atoms with Gasteiger partial charge in [0.1, 0.15) is 26.4 Å². The van der Waals surface area contributed by atoms with E-state index in [4.69, 9.17) is 18.9 Å². The lowest BCUT2D eigenvalue weighted by molar-refractivity contribution is 0.0950. The van der Waals surface area contributed by atoms with Crippen molar-refractivity contribution in [1.82, 2.24) is 5.32 Å². The van der Waals surface area contributed by atoms with E-state index in [1.165, 1.54) is 18.2 Å². The number of anilines is 1. The van der Waals surface area contributed by atoms with E-state index in [-0.39, 0.29) is 22.7 Å². The minimum Gasteiger partial charge on any atom is -0.486 e. The third kappa shape index (κ3) is 4.44. The summed E-state index contributed by atoms with van der Waals surface area (Å²) in [4.78, 5) is 13.0. The van der Waals surface area contributed by atoms with E-state index in [9.17, 15) is 13.2 Å². The first kappa shape index (κ1) is 21.9. The molecule has 0 aliphatic carbocycles. The molecule has 0 atom stereocenters. The topological polar surface area (TPSA) is 112 Å². The second kappa shape index (κ2) is 9.14. The molecule has 2 heterocycles. The molecule has 3 aromatic carbocycles. The van der Waals surface area contributed by atoms with Crippen LogP contribution in [0.25, 0.3) is 0 Å². The lowest BCUT2D eigenvalue weighted by Gasteiger charge is -2.21. The van der Waals surface area contributed by atoms with E-state index >= 15 is 0 Å². The number of hydrogen-bond acceptors (Lipinski definition) is 7. The zero-order chi connectivity index (χ0) is 23.5. The normalized spacial score (nSPS) is 14.2. The summed E-state index contributed by atoms with van der Waals surface area (Å²) in [6, 6.07) is 16.3. The summed E-state index contributed by atoms with van der Waals surface area (Å²) in [5, 5.41) is 2.83. The van der Waals surface area contributed by atoms with E-state index in [1.54, 1.807) is 24.3 Å². The first-order chi connectivity index (χ1) is 16.5. The third-order valence-corrected chi connectivity index (χ3v) is 6.69. The molecule has 9 nitrogen and oxygen atoms in total. The van der Waals surface area contributed by atoms with Crippen LogP contribution in [0.2, 0.25) is 0 Å². The van der Waals surface area contributed by atoms with Crippen LogP contribution in [0.5, 0.6) is 23.0 Å². The summed E-state index contributed by atoms with van der Waals surface area (Å²) >= 11 is 0. The molecule has 2 aliphatic heterocycles. The zero-order valence-corrected chi connectivity index (χ0v) is 18.9. The van der Waals surface area contributed by atoms with Crippen molar-refractivity contribution in [3.05, 3.63) is 71.8 Å². The molecule has 176 valence electrons. The number of benzene rings is 3. The van der Waals surface area contributed by atoms with Crippen LogP contribution < -0.4 is 29.0 Å². The first-order valence-corrected chi connectivity index (χ1v) is 12.2. The van der Waals surface area contributed by atoms with Gasteiger partial charge in [0.05, 0.1) is 16.1 Å². The van der Waals surface area contributed by atoms with Crippen molar-refractivity contribution in [3.8, 4) is 23.0 Å². The minimum absolute atomic E-state index is 0.0000217. The molecule has 3 aromatic rings. The fraction of sp³-hybridized carbons (Fsp3) is 0.208.